The Hall–Kier alpha value is -0.560. The van der Waals surface area contributed by atoms with Gasteiger partial charge in [-0.15, -0.1) is 0 Å². The third-order valence-corrected chi connectivity index (χ3v) is 6.72. The number of hydrogen-bond acceptors (Lipinski definition) is 4. The topological polar surface area (TPSA) is 58.2 Å². The van der Waals surface area contributed by atoms with Crippen LogP contribution in [0, 0.1) is 0 Å². The molecule has 2 rings (SSSR count). The minimum atomic E-state index is -3.43. The highest BCUT2D eigenvalue weighted by atomic mass is 32.2. The standard InChI is InChI=1S/C15H24N2O2S2/c1-16-11-12-5-3-4-6-15(12)21(18,19)17-13-7-9-14(20-2)10-8-13/h3-6,13-14,16-17H,7-11H2,1-2H3. The van der Waals surface area contributed by atoms with E-state index in [9.17, 15) is 8.42 Å². The molecule has 0 bridgehead atoms. The van der Waals surface area contributed by atoms with E-state index < -0.39 is 10.0 Å². The molecule has 1 aromatic rings. The molecule has 21 heavy (non-hydrogen) atoms. The summed E-state index contributed by atoms with van der Waals surface area (Å²) in [4.78, 5) is 0.395. The fraction of sp³-hybridized carbons (Fsp3) is 0.600. The molecule has 1 aliphatic carbocycles. The first-order valence-electron chi connectivity index (χ1n) is 7.34. The molecule has 1 fully saturated rings. The van der Waals surface area contributed by atoms with Gasteiger partial charge in [-0.25, -0.2) is 13.1 Å². The molecule has 1 aliphatic rings. The van der Waals surface area contributed by atoms with Gasteiger partial charge >= 0.3 is 0 Å². The zero-order valence-electron chi connectivity index (χ0n) is 12.6. The first-order chi connectivity index (χ1) is 10.1. The van der Waals surface area contributed by atoms with Crippen LogP contribution in [-0.2, 0) is 16.6 Å². The van der Waals surface area contributed by atoms with Gasteiger partial charge in [-0.05, 0) is 50.6 Å². The number of thioether (sulfide) groups is 1. The molecule has 0 unspecified atom stereocenters. The Morgan fingerprint density at radius 1 is 1.19 bits per heavy atom. The highest BCUT2D eigenvalue weighted by Crippen LogP contribution is 2.28. The second-order valence-corrected chi connectivity index (χ2v) is 8.29. The van der Waals surface area contributed by atoms with Crippen molar-refractivity contribution in [1.29, 1.82) is 0 Å². The maximum absolute atomic E-state index is 12.6. The Morgan fingerprint density at radius 3 is 2.48 bits per heavy atom. The van der Waals surface area contributed by atoms with Gasteiger partial charge in [-0.2, -0.15) is 11.8 Å². The second kappa shape index (κ2) is 7.63. The molecule has 0 amide bonds. The van der Waals surface area contributed by atoms with Crippen molar-refractivity contribution in [3.63, 3.8) is 0 Å². The second-order valence-electron chi connectivity index (χ2n) is 5.47. The molecule has 0 atom stereocenters. The Balaban J connectivity index is 2.09. The van der Waals surface area contributed by atoms with Crippen LogP contribution in [0.15, 0.2) is 29.2 Å². The average molecular weight is 329 g/mol. The number of hydrogen-bond donors (Lipinski definition) is 2. The molecular formula is C15H24N2O2S2. The highest BCUT2D eigenvalue weighted by Gasteiger charge is 2.26. The number of rotatable bonds is 6. The van der Waals surface area contributed by atoms with E-state index in [1.54, 1.807) is 12.1 Å². The maximum atomic E-state index is 12.6. The first-order valence-corrected chi connectivity index (χ1v) is 10.1. The summed E-state index contributed by atoms with van der Waals surface area (Å²) >= 11 is 1.89. The van der Waals surface area contributed by atoms with Crippen LogP contribution in [0.5, 0.6) is 0 Å². The normalized spacial score (nSPS) is 23.1. The predicted molar refractivity (Wildman–Crippen MR) is 89.1 cm³/mol. The Labute approximate surface area is 132 Å². The van der Waals surface area contributed by atoms with Crippen LogP contribution in [0.3, 0.4) is 0 Å². The van der Waals surface area contributed by atoms with Crippen LogP contribution in [0.4, 0.5) is 0 Å². The largest absolute Gasteiger partial charge is 0.316 e. The van der Waals surface area contributed by atoms with Crippen LogP contribution in [-0.4, -0.2) is 33.0 Å². The van der Waals surface area contributed by atoms with Crippen LogP contribution in [0.25, 0.3) is 0 Å². The molecule has 0 saturated heterocycles. The summed E-state index contributed by atoms with van der Waals surface area (Å²) in [6.07, 6.45) is 6.17. The van der Waals surface area contributed by atoms with Gasteiger partial charge in [-0.3, -0.25) is 0 Å². The molecule has 0 radical (unpaired) electrons. The molecule has 1 aromatic carbocycles. The lowest BCUT2D eigenvalue weighted by Crippen LogP contribution is -2.38. The third kappa shape index (κ3) is 4.45. The van der Waals surface area contributed by atoms with Crippen molar-refractivity contribution < 1.29 is 8.42 Å². The lowest BCUT2D eigenvalue weighted by Gasteiger charge is -2.28. The van der Waals surface area contributed by atoms with E-state index in [2.05, 4.69) is 16.3 Å². The van der Waals surface area contributed by atoms with E-state index in [0.29, 0.717) is 16.7 Å². The summed E-state index contributed by atoms with van der Waals surface area (Å²) < 4.78 is 28.1. The maximum Gasteiger partial charge on any atom is 0.241 e. The van der Waals surface area contributed by atoms with E-state index in [1.165, 1.54) is 0 Å². The first kappa shape index (κ1) is 16.8. The minimum absolute atomic E-state index is 0.0704. The highest BCUT2D eigenvalue weighted by molar-refractivity contribution is 7.99. The van der Waals surface area contributed by atoms with Gasteiger partial charge in [0, 0.05) is 17.8 Å². The summed E-state index contributed by atoms with van der Waals surface area (Å²) in [5.41, 5.74) is 0.810. The number of benzene rings is 1. The third-order valence-electron chi connectivity index (χ3n) is 3.96. The predicted octanol–water partition coefficient (Wildman–Crippen LogP) is 2.36. The fourth-order valence-electron chi connectivity index (χ4n) is 2.80. The van der Waals surface area contributed by atoms with Crippen LogP contribution in [0.2, 0.25) is 0 Å². The van der Waals surface area contributed by atoms with Crippen molar-refractivity contribution in [2.24, 2.45) is 0 Å². The lowest BCUT2D eigenvalue weighted by molar-refractivity contribution is 0.420. The molecule has 0 spiro atoms. The Morgan fingerprint density at radius 2 is 1.86 bits per heavy atom. The summed E-state index contributed by atoms with van der Waals surface area (Å²) in [5, 5.41) is 3.70. The molecule has 118 valence electrons. The van der Waals surface area contributed by atoms with Crippen molar-refractivity contribution in [2.75, 3.05) is 13.3 Å². The molecule has 2 N–H and O–H groups in total. The smallest absolute Gasteiger partial charge is 0.241 e. The molecule has 4 nitrogen and oxygen atoms in total. The molecule has 0 aliphatic heterocycles. The fourth-order valence-corrected chi connectivity index (χ4v) is 5.09. The van der Waals surface area contributed by atoms with E-state index in [4.69, 9.17) is 0 Å². The molecule has 6 heteroatoms. The quantitative estimate of drug-likeness (QED) is 0.842. The summed E-state index contributed by atoms with van der Waals surface area (Å²) in [6, 6.07) is 7.26. The molecule has 0 heterocycles. The van der Waals surface area contributed by atoms with Gasteiger partial charge in [-0.1, -0.05) is 18.2 Å². The van der Waals surface area contributed by atoms with E-state index in [1.807, 2.05) is 30.9 Å². The Bertz CT molecular complexity index is 553. The monoisotopic (exact) mass is 328 g/mol. The van der Waals surface area contributed by atoms with Crippen molar-refractivity contribution in [2.45, 2.75) is 48.4 Å². The van der Waals surface area contributed by atoms with E-state index in [-0.39, 0.29) is 6.04 Å². The number of sulfonamides is 1. The molecule has 1 saturated carbocycles. The van der Waals surface area contributed by atoms with Gasteiger partial charge in [0.05, 0.1) is 4.90 Å². The summed E-state index contributed by atoms with van der Waals surface area (Å²) in [6.45, 7) is 0.552. The van der Waals surface area contributed by atoms with Gasteiger partial charge in [0.2, 0.25) is 10.0 Å². The van der Waals surface area contributed by atoms with Crippen molar-refractivity contribution in [3.05, 3.63) is 29.8 Å². The van der Waals surface area contributed by atoms with Crippen LogP contribution < -0.4 is 10.0 Å². The summed E-state index contributed by atoms with van der Waals surface area (Å²) in [7, 11) is -1.61. The molecule has 0 aromatic heterocycles. The van der Waals surface area contributed by atoms with Gasteiger partial charge < -0.3 is 5.32 Å². The van der Waals surface area contributed by atoms with Crippen LogP contribution >= 0.6 is 11.8 Å². The van der Waals surface area contributed by atoms with E-state index in [0.717, 1.165) is 31.2 Å². The van der Waals surface area contributed by atoms with Crippen molar-refractivity contribution in [1.82, 2.24) is 10.0 Å². The molecular weight excluding hydrogens is 304 g/mol. The lowest BCUT2D eigenvalue weighted by atomic mass is 9.96. The zero-order chi connectivity index (χ0) is 15.3. The zero-order valence-corrected chi connectivity index (χ0v) is 14.3. The van der Waals surface area contributed by atoms with E-state index >= 15 is 0 Å². The summed E-state index contributed by atoms with van der Waals surface area (Å²) in [5.74, 6) is 0. The van der Waals surface area contributed by atoms with Crippen LogP contribution in [0.1, 0.15) is 31.2 Å². The van der Waals surface area contributed by atoms with Crippen molar-refractivity contribution >= 4 is 21.8 Å². The van der Waals surface area contributed by atoms with Gasteiger partial charge in [0.15, 0.2) is 0 Å². The van der Waals surface area contributed by atoms with Gasteiger partial charge in [0.1, 0.15) is 0 Å². The average Bonchev–Trinajstić information content (AvgIpc) is 2.48. The Kier molecular flexibility index (Phi) is 6.10. The minimum Gasteiger partial charge on any atom is -0.316 e. The SMILES string of the molecule is CNCc1ccccc1S(=O)(=O)NC1CCC(SC)CC1. The van der Waals surface area contributed by atoms with Crippen molar-refractivity contribution in [3.8, 4) is 0 Å². The number of nitrogens with one attached hydrogen (secondary N) is 2. The van der Waals surface area contributed by atoms with Gasteiger partial charge in [0.25, 0.3) is 0 Å².